The van der Waals surface area contributed by atoms with Crippen molar-refractivity contribution in [2.75, 3.05) is 11.9 Å². The van der Waals surface area contributed by atoms with E-state index >= 15 is 0 Å². The molecule has 3 nitrogen and oxygen atoms in total. The zero-order chi connectivity index (χ0) is 13.9. The zero-order valence-electron chi connectivity index (χ0n) is 11.8. The Labute approximate surface area is 115 Å². The van der Waals surface area contributed by atoms with Crippen molar-refractivity contribution in [1.82, 2.24) is 0 Å². The molecule has 1 aromatic rings. The first kappa shape index (κ1) is 14.1. The average molecular weight is 261 g/mol. The molecule has 0 spiro atoms. The van der Waals surface area contributed by atoms with Crippen molar-refractivity contribution in [3.8, 4) is 0 Å². The quantitative estimate of drug-likeness (QED) is 0.854. The van der Waals surface area contributed by atoms with Crippen LogP contribution in [0.15, 0.2) is 24.3 Å². The van der Waals surface area contributed by atoms with Gasteiger partial charge >= 0.3 is 0 Å². The molecule has 0 saturated heterocycles. The Morgan fingerprint density at radius 1 is 1.37 bits per heavy atom. The predicted molar refractivity (Wildman–Crippen MR) is 77.1 cm³/mol. The fourth-order valence-corrected chi connectivity index (χ4v) is 2.45. The minimum Gasteiger partial charge on any atom is -0.395 e. The van der Waals surface area contributed by atoms with Gasteiger partial charge in [0.15, 0.2) is 0 Å². The molecule has 1 atom stereocenters. The normalized spacial score (nSPS) is 18.5. The van der Waals surface area contributed by atoms with Crippen LogP contribution in [0.3, 0.4) is 0 Å². The molecule has 1 saturated carbocycles. The van der Waals surface area contributed by atoms with Gasteiger partial charge in [-0.05, 0) is 42.9 Å². The number of hydrogen-bond acceptors (Lipinski definition) is 2. The summed E-state index contributed by atoms with van der Waals surface area (Å²) in [5, 5.41) is 12.3. The molecule has 1 amide bonds. The van der Waals surface area contributed by atoms with E-state index < -0.39 is 5.41 Å². The van der Waals surface area contributed by atoms with Crippen molar-refractivity contribution in [3.05, 3.63) is 29.8 Å². The molecule has 0 aliphatic heterocycles. The van der Waals surface area contributed by atoms with Gasteiger partial charge in [-0.3, -0.25) is 4.79 Å². The Hall–Kier alpha value is -1.35. The van der Waals surface area contributed by atoms with Gasteiger partial charge < -0.3 is 10.4 Å². The van der Waals surface area contributed by atoms with Crippen LogP contribution in [0.5, 0.6) is 0 Å². The number of aliphatic hydroxyl groups is 1. The first-order valence-electron chi connectivity index (χ1n) is 7.13. The molecule has 1 unspecified atom stereocenters. The van der Waals surface area contributed by atoms with E-state index in [1.54, 1.807) is 0 Å². The topological polar surface area (TPSA) is 49.3 Å². The zero-order valence-corrected chi connectivity index (χ0v) is 11.8. The van der Waals surface area contributed by atoms with Crippen molar-refractivity contribution in [2.24, 2.45) is 5.41 Å². The summed E-state index contributed by atoms with van der Waals surface area (Å²) in [6.07, 6.45) is 3.72. The molecule has 1 fully saturated rings. The van der Waals surface area contributed by atoms with E-state index in [9.17, 15) is 9.90 Å². The Bertz CT molecular complexity index is 429. The van der Waals surface area contributed by atoms with Gasteiger partial charge in [0.25, 0.3) is 0 Å². The third kappa shape index (κ3) is 2.81. The molecule has 19 heavy (non-hydrogen) atoms. The maximum Gasteiger partial charge on any atom is 0.232 e. The highest BCUT2D eigenvalue weighted by molar-refractivity contribution is 5.96. The summed E-state index contributed by atoms with van der Waals surface area (Å²) in [6.45, 7) is 4.31. The summed E-state index contributed by atoms with van der Waals surface area (Å²) in [6, 6.07) is 8.03. The number of hydrogen-bond donors (Lipinski definition) is 2. The van der Waals surface area contributed by atoms with Gasteiger partial charge in [0.1, 0.15) is 0 Å². The highest BCUT2D eigenvalue weighted by Gasteiger charge is 2.43. The SMILES string of the molecule is CCC(C)c1ccc(NC(=O)C2(CO)CCC2)cc1. The predicted octanol–water partition coefficient (Wildman–Crippen LogP) is 3.30. The molecule has 1 aliphatic carbocycles. The smallest absolute Gasteiger partial charge is 0.232 e. The van der Waals surface area contributed by atoms with Gasteiger partial charge in [0.2, 0.25) is 5.91 Å². The first-order valence-corrected chi connectivity index (χ1v) is 7.13. The van der Waals surface area contributed by atoms with Crippen LogP contribution in [0, 0.1) is 5.41 Å². The van der Waals surface area contributed by atoms with Gasteiger partial charge in [0.05, 0.1) is 12.0 Å². The number of amides is 1. The van der Waals surface area contributed by atoms with Gasteiger partial charge in [-0.2, -0.15) is 0 Å². The third-order valence-corrected chi connectivity index (χ3v) is 4.44. The average Bonchev–Trinajstić information content (AvgIpc) is 2.38. The van der Waals surface area contributed by atoms with E-state index in [-0.39, 0.29) is 12.5 Å². The van der Waals surface area contributed by atoms with Crippen LogP contribution in [0.4, 0.5) is 5.69 Å². The molecule has 3 heteroatoms. The molecule has 1 aliphatic rings. The second kappa shape index (κ2) is 5.74. The number of carbonyl (C=O) groups is 1. The summed E-state index contributed by atoms with van der Waals surface area (Å²) in [5.41, 5.74) is 1.58. The fraction of sp³-hybridized carbons (Fsp3) is 0.562. The molecule has 0 heterocycles. The van der Waals surface area contributed by atoms with Crippen LogP contribution in [0.2, 0.25) is 0 Å². The second-order valence-electron chi connectivity index (χ2n) is 5.68. The summed E-state index contributed by atoms with van der Waals surface area (Å²) in [5.74, 6) is 0.498. The second-order valence-corrected chi connectivity index (χ2v) is 5.68. The summed E-state index contributed by atoms with van der Waals surface area (Å²) in [4.78, 5) is 12.2. The molecule has 0 bridgehead atoms. The molecular formula is C16H23NO2. The molecule has 2 N–H and O–H groups in total. The lowest BCUT2D eigenvalue weighted by atomic mass is 9.68. The van der Waals surface area contributed by atoms with Crippen LogP contribution < -0.4 is 5.32 Å². The molecule has 2 rings (SSSR count). The lowest BCUT2D eigenvalue weighted by Crippen LogP contribution is -2.44. The molecule has 0 radical (unpaired) electrons. The maximum atomic E-state index is 12.2. The number of benzene rings is 1. The van der Waals surface area contributed by atoms with E-state index in [4.69, 9.17) is 0 Å². The van der Waals surface area contributed by atoms with Crippen LogP contribution in [-0.2, 0) is 4.79 Å². The minimum atomic E-state index is -0.532. The van der Waals surface area contributed by atoms with Crippen molar-refractivity contribution < 1.29 is 9.90 Å². The minimum absolute atomic E-state index is 0.0439. The van der Waals surface area contributed by atoms with Crippen molar-refractivity contribution >= 4 is 11.6 Å². The van der Waals surface area contributed by atoms with Crippen molar-refractivity contribution in [1.29, 1.82) is 0 Å². The monoisotopic (exact) mass is 261 g/mol. The lowest BCUT2D eigenvalue weighted by molar-refractivity contribution is -0.133. The standard InChI is InChI=1S/C16H23NO2/c1-3-12(2)13-5-7-14(8-6-13)17-15(19)16(11-18)9-4-10-16/h5-8,12,18H,3-4,9-11H2,1-2H3,(H,17,19). The van der Waals surface area contributed by atoms with Crippen LogP contribution >= 0.6 is 0 Å². The molecule has 1 aromatic carbocycles. The number of nitrogens with one attached hydrogen (secondary N) is 1. The van der Waals surface area contributed by atoms with Crippen molar-refractivity contribution in [3.63, 3.8) is 0 Å². The van der Waals surface area contributed by atoms with Crippen LogP contribution in [0.25, 0.3) is 0 Å². The number of rotatable bonds is 5. The molecule has 0 aromatic heterocycles. The fourth-order valence-electron chi connectivity index (χ4n) is 2.45. The van der Waals surface area contributed by atoms with E-state index in [0.29, 0.717) is 5.92 Å². The van der Waals surface area contributed by atoms with Gasteiger partial charge in [0, 0.05) is 5.69 Å². The van der Waals surface area contributed by atoms with E-state index in [2.05, 4.69) is 31.3 Å². The Kier molecular flexibility index (Phi) is 4.25. The highest BCUT2D eigenvalue weighted by atomic mass is 16.3. The maximum absolute atomic E-state index is 12.2. The Morgan fingerprint density at radius 3 is 2.42 bits per heavy atom. The third-order valence-electron chi connectivity index (χ3n) is 4.44. The number of anilines is 1. The lowest BCUT2D eigenvalue weighted by Gasteiger charge is -2.38. The van der Waals surface area contributed by atoms with Crippen molar-refractivity contribution in [2.45, 2.75) is 45.4 Å². The summed E-state index contributed by atoms with van der Waals surface area (Å²) >= 11 is 0. The van der Waals surface area contributed by atoms with Crippen LogP contribution in [-0.4, -0.2) is 17.6 Å². The molecular weight excluding hydrogens is 238 g/mol. The highest BCUT2D eigenvalue weighted by Crippen LogP contribution is 2.41. The number of carbonyl (C=O) groups excluding carboxylic acids is 1. The largest absolute Gasteiger partial charge is 0.395 e. The first-order chi connectivity index (χ1) is 9.11. The van der Waals surface area contributed by atoms with Crippen LogP contribution in [0.1, 0.15) is 51.0 Å². The summed E-state index contributed by atoms with van der Waals surface area (Å²) in [7, 11) is 0. The van der Waals surface area contributed by atoms with Gasteiger partial charge in [-0.15, -0.1) is 0 Å². The van der Waals surface area contributed by atoms with Gasteiger partial charge in [-0.25, -0.2) is 0 Å². The molecule has 104 valence electrons. The Balaban J connectivity index is 2.01. The van der Waals surface area contributed by atoms with Gasteiger partial charge in [-0.1, -0.05) is 32.4 Å². The van der Waals surface area contributed by atoms with E-state index in [1.807, 2.05) is 12.1 Å². The number of aliphatic hydroxyl groups excluding tert-OH is 1. The van der Waals surface area contributed by atoms with E-state index in [0.717, 1.165) is 31.4 Å². The van der Waals surface area contributed by atoms with E-state index in [1.165, 1.54) is 5.56 Å². The Morgan fingerprint density at radius 2 is 2.00 bits per heavy atom. The summed E-state index contributed by atoms with van der Waals surface area (Å²) < 4.78 is 0.